The first-order valence-corrected chi connectivity index (χ1v) is 10.3. The third-order valence-corrected chi connectivity index (χ3v) is 5.56. The smallest absolute Gasteiger partial charge is 0.352 e. The number of aliphatic carboxylic acids is 1. The molecule has 0 saturated heterocycles. The van der Waals surface area contributed by atoms with E-state index in [-0.39, 0.29) is 0 Å². The Morgan fingerprint density at radius 1 is 0.966 bits per heavy atom. The normalized spacial score (nSPS) is 13.2. The number of benzene rings is 3. The number of carbonyl (C=O) groups is 1. The Morgan fingerprint density at radius 2 is 1.55 bits per heavy atom. The lowest BCUT2D eigenvalue weighted by Gasteiger charge is -2.28. The summed E-state index contributed by atoms with van der Waals surface area (Å²) in [5.41, 5.74) is 0.899. The zero-order chi connectivity index (χ0) is 20.6. The molecule has 6 nitrogen and oxygen atoms in total. The highest BCUT2D eigenvalue weighted by Gasteiger charge is 2.38. The molecular weight excluding hydrogens is 502 g/mol. The van der Waals surface area contributed by atoms with E-state index in [0.29, 0.717) is 17.0 Å². The number of fused-ring (bicyclic) bond motifs is 1. The molecule has 0 fully saturated rings. The van der Waals surface area contributed by atoms with E-state index in [2.05, 4.69) is 42.1 Å². The van der Waals surface area contributed by atoms with Gasteiger partial charge < -0.3 is 9.84 Å². The van der Waals surface area contributed by atoms with Crippen molar-refractivity contribution in [1.29, 1.82) is 0 Å². The Kier molecular flexibility index (Phi) is 5.14. The predicted octanol–water partition coefficient (Wildman–Crippen LogP) is 5.32. The van der Waals surface area contributed by atoms with Gasteiger partial charge in [0, 0.05) is 14.5 Å². The van der Waals surface area contributed by atoms with Crippen LogP contribution in [0.1, 0.15) is 12.5 Å². The van der Waals surface area contributed by atoms with Crippen molar-refractivity contribution < 1.29 is 14.6 Å². The second-order valence-electron chi connectivity index (χ2n) is 6.54. The van der Waals surface area contributed by atoms with Gasteiger partial charge in [-0.3, -0.25) is 0 Å². The quantitative estimate of drug-likeness (QED) is 0.388. The van der Waals surface area contributed by atoms with E-state index in [4.69, 9.17) is 4.74 Å². The first kappa shape index (κ1) is 19.6. The average molecular weight is 517 g/mol. The monoisotopic (exact) mass is 515 g/mol. The maximum Gasteiger partial charge on any atom is 0.352 e. The molecule has 1 aromatic heterocycles. The standard InChI is InChI=1S/C21H15Br2N3O3/c1-21(20(27)28,13-6-8-14(22)9-7-13)29-19-11-10-15(23)12-18(19)26-24-16-4-2-3-5-17(16)25-26/h2-12H,1H3,(H,27,28). The summed E-state index contributed by atoms with van der Waals surface area (Å²) in [4.78, 5) is 13.6. The molecule has 1 atom stereocenters. The number of rotatable bonds is 5. The first-order valence-electron chi connectivity index (χ1n) is 8.67. The van der Waals surface area contributed by atoms with Crippen LogP contribution in [0, 0.1) is 0 Å². The van der Waals surface area contributed by atoms with Gasteiger partial charge in [-0.15, -0.1) is 15.0 Å². The van der Waals surface area contributed by atoms with Crippen LogP contribution in [0.5, 0.6) is 5.75 Å². The molecule has 1 N–H and O–H groups in total. The summed E-state index contributed by atoms with van der Waals surface area (Å²) in [6.45, 7) is 1.53. The van der Waals surface area contributed by atoms with Crippen molar-refractivity contribution in [2.45, 2.75) is 12.5 Å². The summed E-state index contributed by atoms with van der Waals surface area (Å²) < 4.78 is 7.74. The molecule has 0 aliphatic rings. The van der Waals surface area contributed by atoms with E-state index in [1.165, 1.54) is 11.7 Å². The number of halogens is 2. The van der Waals surface area contributed by atoms with Crippen LogP contribution >= 0.6 is 31.9 Å². The maximum atomic E-state index is 12.2. The van der Waals surface area contributed by atoms with Gasteiger partial charge in [0.25, 0.3) is 0 Å². The van der Waals surface area contributed by atoms with E-state index >= 15 is 0 Å². The van der Waals surface area contributed by atoms with Crippen LogP contribution < -0.4 is 4.74 Å². The van der Waals surface area contributed by atoms with Gasteiger partial charge in [-0.05, 0) is 49.4 Å². The molecule has 1 unspecified atom stereocenters. The molecule has 0 saturated carbocycles. The summed E-state index contributed by atoms with van der Waals surface area (Å²) in [5.74, 6) is -0.756. The lowest BCUT2D eigenvalue weighted by molar-refractivity contribution is -0.154. The predicted molar refractivity (Wildman–Crippen MR) is 116 cm³/mol. The first-order chi connectivity index (χ1) is 13.9. The van der Waals surface area contributed by atoms with E-state index in [1.807, 2.05) is 24.3 Å². The van der Waals surface area contributed by atoms with Crippen molar-refractivity contribution in [3.8, 4) is 11.4 Å². The van der Waals surface area contributed by atoms with Gasteiger partial charge in [-0.1, -0.05) is 56.1 Å². The molecule has 0 radical (unpaired) electrons. The molecule has 0 spiro atoms. The Hall–Kier alpha value is -2.71. The van der Waals surface area contributed by atoms with Crippen LogP contribution in [0.25, 0.3) is 16.7 Å². The number of aromatic nitrogens is 3. The van der Waals surface area contributed by atoms with E-state index in [0.717, 1.165) is 20.0 Å². The van der Waals surface area contributed by atoms with Crippen LogP contribution in [0.3, 0.4) is 0 Å². The molecule has 0 aliphatic carbocycles. The van der Waals surface area contributed by atoms with E-state index < -0.39 is 11.6 Å². The Balaban J connectivity index is 1.82. The minimum atomic E-state index is -1.60. The number of ether oxygens (including phenoxy) is 1. The van der Waals surface area contributed by atoms with Gasteiger partial charge in [0.2, 0.25) is 5.60 Å². The van der Waals surface area contributed by atoms with Gasteiger partial charge in [0.1, 0.15) is 22.5 Å². The number of carboxylic acids is 1. The summed E-state index contributed by atoms with van der Waals surface area (Å²) in [7, 11) is 0. The number of hydrogen-bond acceptors (Lipinski definition) is 4. The van der Waals surface area contributed by atoms with Gasteiger partial charge in [-0.2, -0.15) is 0 Å². The summed E-state index contributed by atoms with van der Waals surface area (Å²) in [5, 5.41) is 19.0. The molecule has 4 rings (SSSR count). The topological polar surface area (TPSA) is 77.2 Å². The molecule has 0 bridgehead atoms. The zero-order valence-corrected chi connectivity index (χ0v) is 18.4. The number of hydrogen-bond donors (Lipinski definition) is 1. The number of carboxylic acid groups (broad SMARTS) is 1. The SMILES string of the molecule is CC(Oc1ccc(Br)cc1-n1nc2ccccc2n1)(C(=O)O)c1ccc(Br)cc1. The molecular formula is C21H15Br2N3O3. The lowest BCUT2D eigenvalue weighted by Crippen LogP contribution is -2.38. The van der Waals surface area contributed by atoms with E-state index in [9.17, 15) is 9.90 Å². The fourth-order valence-electron chi connectivity index (χ4n) is 2.91. The van der Waals surface area contributed by atoms with Gasteiger partial charge >= 0.3 is 5.97 Å². The lowest BCUT2D eigenvalue weighted by atomic mass is 9.96. The van der Waals surface area contributed by atoms with Gasteiger partial charge in [0.05, 0.1) is 0 Å². The third kappa shape index (κ3) is 3.77. The van der Waals surface area contributed by atoms with Crippen LogP contribution in [0.15, 0.2) is 75.7 Å². The van der Waals surface area contributed by atoms with Crippen molar-refractivity contribution in [1.82, 2.24) is 15.0 Å². The van der Waals surface area contributed by atoms with Crippen molar-refractivity contribution in [2.75, 3.05) is 0 Å². The minimum absolute atomic E-state index is 0.348. The Labute approximate surface area is 183 Å². The molecule has 3 aromatic carbocycles. The third-order valence-electron chi connectivity index (χ3n) is 4.54. The van der Waals surface area contributed by atoms with Gasteiger partial charge in [-0.25, -0.2) is 4.79 Å². The van der Waals surface area contributed by atoms with Crippen LogP contribution in [0.4, 0.5) is 0 Å². The highest BCUT2D eigenvalue weighted by Crippen LogP contribution is 2.34. The highest BCUT2D eigenvalue weighted by atomic mass is 79.9. The molecule has 29 heavy (non-hydrogen) atoms. The van der Waals surface area contributed by atoms with Crippen LogP contribution in [-0.2, 0) is 10.4 Å². The highest BCUT2D eigenvalue weighted by molar-refractivity contribution is 9.10. The number of nitrogens with zero attached hydrogens (tertiary/aromatic N) is 3. The average Bonchev–Trinajstić information content (AvgIpc) is 3.13. The Bertz CT molecular complexity index is 1170. The molecule has 0 aliphatic heterocycles. The van der Waals surface area contributed by atoms with Crippen LogP contribution in [-0.4, -0.2) is 26.1 Å². The zero-order valence-electron chi connectivity index (χ0n) is 15.2. The molecule has 4 aromatic rings. The second-order valence-corrected chi connectivity index (χ2v) is 8.37. The maximum absolute atomic E-state index is 12.2. The largest absolute Gasteiger partial charge is 0.478 e. The minimum Gasteiger partial charge on any atom is -0.478 e. The van der Waals surface area contributed by atoms with Crippen molar-refractivity contribution in [3.05, 3.63) is 81.2 Å². The fraction of sp³-hybridized carbons (Fsp3) is 0.0952. The summed E-state index contributed by atoms with van der Waals surface area (Å²) in [6.07, 6.45) is 0. The molecule has 1 heterocycles. The summed E-state index contributed by atoms with van der Waals surface area (Å²) >= 11 is 6.82. The van der Waals surface area contributed by atoms with Crippen molar-refractivity contribution >= 4 is 48.9 Å². The second kappa shape index (κ2) is 7.61. The van der Waals surface area contributed by atoms with Crippen molar-refractivity contribution in [3.63, 3.8) is 0 Å². The van der Waals surface area contributed by atoms with Crippen molar-refractivity contribution in [2.24, 2.45) is 0 Å². The van der Waals surface area contributed by atoms with Gasteiger partial charge in [0.15, 0.2) is 0 Å². The van der Waals surface area contributed by atoms with Crippen LogP contribution in [0.2, 0.25) is 0 Å². The fourth-order valence-corrected chi connectivity index (χ4v) is 3.53. The molecule has 146 valence electrons. The Morgan fingerprint density at radius 3 is 2.14 bits per heavy atom. The molecule has 8 heteroatoms. The summed E-state index contributed by atoms with van der Waals surface area (Å²) in [6, 6.07) is 19.8. The van der Waals surface area contributed by atoms with E-state index in [1.54, 1.807) is 42.5 Å². The molecule has 0 amide bonds.